The summed E-state index contributed by atoms with van der Waals surface area (Å²) in [4.78, 5) is 0. The zero-order valence-electron chi connectivity index (χ0n) is 10.6. The Balaban J connectivity index is 2.21. The zero-order chi connectivity index (χ0) is 14.7. The second kappa shape index (κ2) is 6.82. The van der Waals surface area contributed by atoms with Gasteiger partial charge in [-0.05, 0) is 12.1 Å². The van der Waals surface area contributed by atoms with Crippen molar-refractivity contribution in [3.05, 3.63) is 34.9 Å². The highest BCUT2D eigenvalue weighted by atomic mass is 35.5. The molecule has 1 unspecified atom stereocenters. The van der Waals surface area contributed by atoms with E-state index in [1.807, 2.05) is 0 Å². The number of rotatable bonds is 2. The zero-order valence-corrected chi connectivity index (χ0v) is 11.3. The van der Waals surface area contributed by atoms with Crippen LogP contribution < -0.4 is 0 Å². The van der Waals surface area contributed by atoms with Crippen LogP contribution in [-0.2, 0) is 9.47 Å². The normalized spacial score (nSPS) is 35.4. The maximum absolute atomic E-state index is 9.86. The number of ether oxygens (including phenoxy) is 2. The van der Waals surface area contributed by atoms with Crippen molar-refractivity contribution in [2.24, 2.45) is 0 Å². The summed E-state index contributed by atoms with van der Waals surface area (Å²) in [6, 6.07) is 6.73. The van der Waals surface area contributed by atoms with Crippen LogP contribution in [0.4, 0.5) is 0 Å². The Morgan fingerprint density at radius 3 is 2.60 bits per heavy atom. The van der Waals surface area contributed by atoms with Crippen LogP contribution in [0.1, 0.15) is 11.9 Å². The van der Waals surface area contributed by atoms with Gasteiger partial charge in [0.05, 0.1) is 13.2 Å². The molecule has 7 heteroatoms. The van der Waals surface area contributed by atoms with E-state index in [4.69, 9.17) is 21.1 Å². The molecule has 1 aromatic carbocycles. The third-order valence-corrected chi connectivity index (χ3v) is 3.38. The Hall–Kier alpha value is -0.730. The molecule has 0 radical (unpaired) electrons. The first-order chi connectivity index (χ1) is 9.52. The summed E-state index contributed by atoms with van der Waals surface area (Å²) in [5.74, 6) is 0. The number of aliphatic hydroxyl groups excluding tert-OH is 4. The van der Waals surface area contributed by atoms with Crippen molar-refractivity contribution in [2.75, 3.05) is 13.2 Å². The lowest BCUT2D eigenvalue weighted by Gasteiger charge is -2.35. The van der Waals surface area contributed by atoms with Crippen molar-refractivity contribution in [3.63, 3.8) is 0 Å². The molecule has 6 nitrogen and oxygen atoms in total. The molecule has 1 aromatic rings. The highest BCUT2D eigenvalue weighted by Gasteiger charge is 2.36. The van der Waals surface area contributed by atoms with Gasteiger partial charge in [0, 0.05) is 10.6 Å². The van der Waals surface area contributed by atoms with Gasteiger partial charge < -0.3 is 29.9 Å². The van der Waals surface area contributed by atoms with Gasteiger partial charge in [-0.2, -0.15) is 0 Å². The van der Waals surface area contributed by atoms with Crippen molar-refractivity contribution in [3.8, 4) is 0 Å². The lowest BCUT2D eigenvalue weighted by atomic mass is 10.0. The van der Waals surface area contributed by atoms with Crippen molar-refractivity contribution in [1.82, 2.24) is 0 Å². The van der Waals surface area contributed by atoms with E-state index in [1.54, 1.807) is 24.3 Å². The number of benzene rings is 1. The summed E-state index contributed by atoms with van der Waals surface area (Å²) in [5.41, 5.74) is 0.590. The highest BCUT2D eigenvalue weighted by Crippen LogP contribution is 2.27. The largest absolute Gasteiger partial charge is 0.394 e. The summed E-state index contributed by atoms with van der Waals surface area (Å²) in [6.07, 6.45) is -6.12. The number of hydrogen-bond acceptors (Lipinski definition) is 6. The molecule has 0 amide bonds. The van der Waals surface area contributed by atoms with Gasteiger partial charge in [0.25, 0.3) is 0 Å². The van der Waals surface area contributed by atoms with Gasteiger partial charge in [-0.1, -0.05) is 23.7 Å². The minimum Gasteiger partial charge on any atom is -0.394 e. The molecule has 0 bridgehead atoms. The maximum Gasteiger partial charge on any atom is 0.184 e. The van der Waals surface area contributed by atoms with Gasteiger partial charge in [0.15, 0.2) is 6.29 Å². The molecular formula is C13H17ClO6. The smallest absolute Gasteiger partial charge is 0.184 e. The first-order valence-electron chi connectivity index (χ1n) is 6.20. The van der Waals surface area contributed by atoms with E-state index in [2.05, 4.69) is 0 Å². The number of hydrogen-bond donors (Lipinski definition) is 4. The van der Waals surface area contributed by atoms with Gasteiger partial charge in [0.2, 0.25) is 0 Å². The van der Waals surface area contributed by atoms with Crippen LogP contribution in [0.2, 0.25) is 5.02 Å². The molecule has 0 aromatic heterocycles. The maximum atomic E-state index is 9.86. The van der Waals surface area contributed by atoms with E-state index in [0.717, 1.165) is 0 Å². The summed E-state index contributed by atoms with van der Waals surface area (Å²) in [7, 11) is 0. The predicted molar refractivity (Wildman–Crippen MR) is 70.1 cm³/mol. The Morgan fingerprint density at radius 1 is 1.20 bits per heavy atom. The molecule has 2 rings (SSSR count). The molecule has 0 aliphatic carbocycles. The standard InChI is InChI=1S/C13H17ClO6/c14-8-3-1-2-7(4-8)13-19-6-9(16)11(17)12(18)10(5-15)20-13/h1-4,9-13,15-18H,5-6H2/t9-,10+,11+,12+,13?/m0/s1. The molecule has 4 N–H and O–H groups in total. The molecule has 0 spiro atoms. The summed E-state index contributed by atoms with van der Waals surface area (Å²) in [5, 5.41) is 38.9. The molecule has 112 valence electrons. The van der Waals surface area contributed by atoms with Crippen LogP contribution in [-0.4, -0.2) is 58.1 Å². The van der Waals surface area contributed by atoms with Crippen LogP contribution in [0.3, 0.4) is 0 Å². The fraction of sp³-hybridized carbons (Fsp3) is 0.538. The van der Waals surface area contributed by atoms with E-state index in [1.165, 1.54) is 0 Å². The van der Waals surface area contributed by atoms with Gasteiger partial charge >= 0.3 is 0 Å². The van der Waals surface area contributed by atoms with E-state index in [-0.39, 0.29) is 6.61 Å². The van der Waals surface area contributed by atoms with E-state index in [0.29, 0.717) is 10.6 Å². The summed E-state index contributed by atoms with van der Waals surface area (Å²) < 4.78 is 10.8. The first-order valence-corrected chi connectivity index (χ1v) is 6.58. The van der Waals surface area contributed by atoms with Crippen molar-refractivity contribution < 1.29 is 29.9 Å². The number of halogens is 1. The van der Waals surface area contributed by atoms with E-state index < -0.39 is 37.3 Å². The predicted octanol–water partition coefficient (Wildman–Crippen LogP) is -0.171. The van der Waals surface area contributed by atoms with Crippen molar-refractivity contribution >= 4 is 11.6 Å². The Kier molecular flexibility index (Phi) is 5.34. The second-order valence-electron chi connectivity index (χ2n) is 4.63. The van der Waals surface area contributed by atoms with Gasteiger partial charge in [-0.3, -0.25) is 0 Å². The molecule has 5 atom stereocenters. The lowest BCUT2D eigenvalue weighted by molar-refractivity contribution is -0.256. The topological polar surface area (TPSA) is 99.4 Å². The Labute approximate surface area is 121 Å². The highest BCUT2D eigenvalue weighted by molar-refractivity contribution is 6.30. The van der Waals surface area contributed by atoms with Crippen molar-refractivity contribution in [1.29, 1.82) is 0 Å². The second-order valence-corrected chi connectivity index (χ2v) is 5.06. The molecule has 0 saturated carbocycles. The molecule has 1 aliphatic heterocycles. The Morgan fingerprint density at radius 2 is 1.95 bits per heavy atom. The third-order valence-electron chi connectivity index (χ3n) is 3.14. The minimum atomic E-state index is -1.45. The lowest BCUT2D eigenvalue weighted by Crippen LogP contribution is -2.51. The third kappa shape index (κ3) is 3.48. The molecule has 1 aliphatic rings. The average Bonchev–Trinajstić information content (AvgIpc) is 2.44. The fourth-order valence-electron chi connectivity index (χ4n) is 1.99. The molecule has 20 heavy (non-hydrogen) atoms. The van der Waals surface area contributed by atoms with Crippen molar-refractivity contribution in [2.45, 2.75) is 30.7 Å². The quantitative estimate of drug-likeness (QED) is 0.605. The van der Waals surface area contributed by atoms with Crippen LogP contribution in [0, 0.1) is 0 Å². The average molecular weight is 305 g/mol. The molecule has 1 heterocycles. The van der Waals surface area contributed by atoms with E-state index >= 15 is 0 Å². The van der Waals surface area contributed by atoms with Gasteiger partial charge in [0.1, 0.15) is 24.4 Å². The van der Waals surface area contributed by atoms with Crippen LogP contribution in [0.5, 0.6) is 0 Å². The summed E-state index contributed by atoms with van der Waals surface area (Å²) in [6.45, 7) is -0.737. The first kappa shape index (κ1) is 15.7. The SMILES string of the molecule is OC[C@H]1OC(c2cccc(Cl)c2)OC[C@H](O)[C@@H](O)[C@@H]1O. The monoisotopic (exact) mass is 304 g/mol. The minimum absolute atomic E-state index is 0.215. The fourth-order valence-corrected chi connectivity index (χ4v) is 2.19. The number of aliphatic hydroxyl groups is 4. The molecule has 1 fully saturated rings. The van der Waals surface area contributed by atoms with Crippen LogP contribution in [0.15, 0.2) is 24.3 Å². The summed E-state index contributed by atoms with van der Waals surface area (Å²) >= 11 is 5.89. The molecule has 1 saturated heterocycles. The van der Waals surface area contributed by atoms with Crippen LogP contribution in [0.25, 0.3) is 0 Å². The van der Waals surface area contributed by atoms with Crippen LogP contribution >= 0.6 is 11.6 Å². The molecular weight excluding hydrogens is 288 g/mol. The van der Waals surface area contributed by atoms with E-state index in [9.17, 15) is 20.4 Å². The Bertz CT molecular complexity index is 443. The van der Waals surface area contributed by atoms with Gasteiger partial charge in [-0.15, -0.1) is 0 Å². The van der Waals surface area contributed by atoms with Gasteiger partial charge in [-0.25, -0.2) is 0 Å².